The highest BCUT2D eigenvalue weighted by Crippen LogP contribution is 2.40. The number of para-hydroxylation sites is 1. The molecule has 4 aromatic rings. The van der Waals surface area contributed by atoms with Crippen molar-refractivity contribution in [3.05, 3.63) is 47.0 Å². The largest absolute Gasteiger partial charge is 0.435 e. The number of fused-ring (bicyclic) bond motifs is 3. The summed E-state index contributed by atoms with van der Waals surface area (Å²) in [6.07, 6.45) is -1.47. The zero-order valence-electron chi connectivity index (χ0n) is 17.2. The Morgan fingerprint density at radius 2 is 1.90 bits per heavy atom. The van der Waals surface area contributed by atoms with Gasteiger partial charge in [-0.25, -0.2) is 9.97 Å². The van der Waals surface area contributed by atoms with E-state index in [0.29, 0.717) is 34.7 Å². The van der Waals surface area contributed by atoms with Crippen LogP contribution in [0.4, 0.5) is 13.2 Å². The maximum Gasteiger partial charge on any atom is 0.435 e. The second-order valence-corrected chi connectivity index (χ2v) is 9.09. The molecule has 31 heavy (non-hydrogen) atoms. The summed E-state index contributed by atoms with van der Waals surface area (Å²) in [7, 11) is 0. The van der Waals surface area contributed by atoms with E-state index >= 15 is 0 Å². The van der Waals surface area contributed by atoms with E-state index in [9.17, 15) is 13.2 Å². The molecule has 4 nitrogen and oxygen atoms in total. The first-order valence-electron chi connectivity index (χ1n) is 10.5. The maximum absolute atomic E-state index is 14.0. The van der Waals surface area contributed by atoms with Crippen molar-refractivity contribution in [2.24, 2.45) is 5.92 Å². The first-order chi connectivity index (χ1) is 14.9. The van der Waals surface area contributed by atoms with Gasteiger partial charge in [0, 0.05) is 11.9 Å². The lowest BCUT2D eigenvalue weighted by atomic mass is 9.94. The predicted molar refractivity (Wildman–Crippen MR) is 118 cm³/mol. The number of pyridine rings is 1. The van der Waals surface area contributed by atoms with Crippen molar-refractivity contribution in [3.8, 4) is 10.7 Å². The summed E-state index contributed by atoms with van der Waals surface area (Å²) >= 11 is 1.52. The van der Waals surface area contributed by atoms with Crippen LogP contribution >= 0.6 is 11.3 Å². The Hall–Kier alpha value is -2.45. The number of aryl methyl sites for hydroxylation is 2. The van der Waals surface area contributed by atoms with Crippen molar-refractivity contribution in [1.29, 1.82) is 0 Å². The summed E-state index contributed by atoms with van der Waals surface area (Å²) in [5.41, 5.74) is 0.945. The van der Waals surface area contributed by atoms with Gasteiger partial charge in [0.1, 0.15) is 5.52 Å². The van der Waals surface area contributed by atoms with Crippen molar-refractivity contribution in [1.82, 2.24) is 19.9 Å². The summed E-state index contributed by atoms with van der Waals surface area (Å²) in [6.45, 7) is 4.61. The molecule has 5 rings (SSSR count). The van der Waals surface area contributed by atoms with Gasteiger partial charge in [0.15, 0.2) is 11.5 Å². The summed E-state index contributed by atoms with van der Waals surface area (Å²) in [4.78, 5) is 9.47. The van der Waals surface area contributed by atoms with Crippen LogP contribution in [0.2, 0.25) is 0 Å². The Labute approximate surface area is 182 Å². The number of benzene rings is 1. The Kier molecular flexibility index (Phi) is 5.22. The molecule has 8 heteroatoms. The van der Waals surface area contributed by atoms with Crippen LogP contribution < -0.4 is 5.32 Å². The fraction of sp³-hybridized carbons (Fsp3) is 0.391. The number of piperidine rings is 1. The smallest absolute Gasteiger partial charge is 0.323 e. The van der Waals surface area contributed by atoms with E-state index in [2.05, 4.69) is 15.3 Å². The monoisotopic (exact) mass is 444 g/mol. The Bertz CT molecular complexity index is 1240. The molecule has 1 saturated heterocycles. The van der Waals surface area contributed by atoms with Gasteiger partial charge in [-0.2, -0.15) is 13.2 Å². The summed E-state index contributed by atoms with van der Waals surface area (Å²) in [5, 5.41) is 6.05. The van der Waals surface area contributed by atoms with Gasteiger partial charge in [-0.3, -0.25) is 0 Å². The fourth-order valence-corrected chi connectivity index (χ4v) is 5.43. The van der Waals surface area contributed by atoms with Crippen molar-refractivity contribution in [2.45, 2.75) is 38.9 Å². The van der Waals surface area contributed by atoms with E-state index in [4.69, 9.17) is 0 Å². The molecule has 1 N–H and O–H groups in total. The molecule has 0 spiro atoms. The van der Waals surface area contributed by atoms with Crippen LogP contribution in [0.5, 0.6) is 0 Å². The number of aromatic nitrogens is 3. The molecule has 4 heterocycles. The number of rotatable bonds is 4. The fourth-order valence-electron chi connectivity index (χ4n) is 4.51. The van der Waals surface area contributed by atoms with Gasteiger partial charge in [-0.15, -0.1) is 11.3 Å². The predicted octanol–water partition coefficient (Wildman–Crippen LogP) is 6.03. The van der Waals surface area contributed by atoms with Crippen LogP contribution in [0.3, 0.4) is 0 Å². The number of hydrogen-bond donors (Lipinski definition) is 1. The SMILES string of the molecule is Cc1ccsc1-c1nc2c(C(F)(F)F)nc3ccccc3c2n1CCC1CCNCC1. The number of imidazole rings is 1. The molecule has 0 atom stereocenters. The molecular formula is C23H23F3N4S. The second-order valence-electron chi connectivity index (χ2n) is 8.17. The van der Waals surface area contributed by atoms with Gasteiger partial charge in [-0.05, 0) is 68.3 Å². The third-order valence-electron chi connectivity index (χ3n) is 6.14. The molecule has 0 aliphatic carbocycles. The van der Waals surface area contributed by atoms with E-state index in [1.165, 1.54) is 11.3 Å². The normalized spacial score (nSPS) is 15.9. The molecule has 0 radical (unpaired) electrons. The molecule has 0 bridgehead atoms. The van der Waals surface area contributed by atoms with Crippen molar-refractivity contribution < 1.29 is 13.2 Å². The summed E-state index contributed by atoms with van der Waals surface area (Å²) < 4.78 is 43.9. The van der Waals surface area contributed by atoms with E-state index in [1.807, 2.05) is 35.1 Å². The van der Waals surface area contributed by atoms with Crippen LogP contribution in [-0.4, -0.2) is 27.6 Å². The average molecular weight is 445 g/mol. The quantitative estimate of drug-likeness (QED) is 0.418. The molecule has 0 amide bonds. The number of hydrogen-bond acceptors (Lipinski definition) is 4. The molecule has 1 aromatic carbocycles. The molecule has 0 unspecified atom stereocenters. The number of alkyl halides is 3. The Balaban J connectivity index is 1.76. The maximum atomic E-state index is 14.0. The molecule has 1 aliphatic rings. The highest BCUT2D eigenvalue weighted by Gasteiger charge is 2.37. The van der Waals surface area contributed by atoms with Crippen LogP contribution in [0.25, 0.3) is 32.6 Å². The highest BCUT2D eigenvalue weighted by molar-refractivity contribution is 7.13. The van der Waals surface area contributed by atoms with Crippen LogP contribution in [-0.2, 0) is 12.7 Å². The molecule has 1 aliphatic heterocycles. The summed E-state index contributed by atoms with van der Waals surface area (Å²) in [6, 6.07) is 9.04. The lowest BCUT2D eigenvalue weighted by molar-refractivity contribution is -0.139. The number of thiophene rings is 1. The minimum absolute atomic E-state index is 0.0562. The third kappa shape index (κ3) is 3.72. The number of halogens is 3. The molecule has 3 aromatic heterocycles. The van der Waals surface area contributed by atoms with Crippen molar-refractivity contribution in [3.63, 3.8) is 0 Å². The summed E-state index contributed by atoms with van der Waals surface area (Å²) in [5.74, 6) is 1.17. The van der Waals surface area contributed by atoms with Crippen LogP contribution in [0.1, 0.15) is 30.5 Å². The van der Waals surface area contributed by atoms with Crippen LogP contribution in [0, 0.1) is 12.8 Å². The van der Waals surface area contributed by atoms with Crippen molar-refractivity contribution >= 4 is 33.3 Å². The van der Waals surface area contributed by atoms with Gasteiger partial charge in [-0.1, -0.05) is 18.2 Å². The Morgan fingerprint density at radius 1 is 1.13 bits per heavy atom. The van der Waals surface area contributed by atoms with E-state index < -0.39 is 11.9 Å². The van der Waals surface area contributed by atoms with Gasteiger partial charge in [0.2, 0.25) is 0 Å². The minimum atomic E-state index is -4.57. The molecule has 0 saturated carbocycles. The standard InChI is InChI=1S/C23H23F3N4S/c1-14-9-13-31-20(14)22-29-18-19(30(22)12-8-15-6-10-27-11-7-15)16-4-2-3-5-17(16)28-21(18)23(24,25)26/h2-5,9,13,15,27H,6-8,10-12H2,1H3. The molecule has 162 valence electrons. The average Bonchev–Trinajstić information content (AvgIpc) is 3.35. The molecular weight excluding hydrogens is 421 g/mol. The second kappa shape index (κ2) is 7.91. The Morgan fingerprint density at radius 3 is 2.61 bits per heavy atom. The third-order valence-corrected chi connectivity index (χ3v) is 7.15. The van der Waals surface area contributed by atoms with E-state index in [0.717, 1.165) is 42.8 Å². The van der Waals surface area contributed by atoms with E-state index in [-0.39, 0.29) is 5.52 Å². The zero-order chi connectivity index (χ0) is 21.6. The first-order valence-corrected chi connectivity index (χ1v) is 11.4. The van der Waals surface area contributed by atoms with Gasteiger partial charge < -0.3 is 9.88 Å². The van der Waals surface area contributed by atoms with Crippen LogP contribution in [0.15, 0.2) is 35.7 Å². The zero-order valence-corrected chi connectivity index (χ0v) is 18.0. The van der Waals surface area contributed by atoms with E-state index in [1.54, 1.807) is 12.1 Å². The number of nitrogens with one attached hydrogen (secondary N) is 1. The highest BCUT2D eigenvalue weighted by atomic mass is 32.1. The lowest BCUT2D eigenvalue weighted by Gasteiger charge is -2.23. The molecule has 1 fully saturated rings. The van der Waals surface area contributed by atoms with Crippen molar-refractivity contribution in [2.75, 3.05) is 13.1 Å². The number of nitrogens with zero attached hydrogens (tertiary/aromatic N) is 3. The minimum Gasteiger partial charge on any atom is -0.323 e. The van der Waals surface area contributed by atoms with Gasteiger partial charge >= 0.3 is 6.18 Å². The van der Waals surface area contributed by atoms with Gasteiger partial charge in [0.05, 0.1) is 15.9 Å². The van der Waals surface area contributed by atoms with Gasteiger partial charge in [0.25, 0.3) is 0 Å². The first kappa shape index (κ1) is 20.5. The lowest BCUT2D eigenvalue weighted by Crippen LogP contribution is -2.28. The topological polar surface area (TPSA) is 42.7 Å².